The Kier molecular flexibility index (Phi) is 14.4. The monoisotopic (exact) mass is 802 g/mol. The van der Waals surface area contributed by atoms with Gasteiger partial charge in [-0.25, -0.2) is 4.79 Å². The molecule has 1 fully saturated rings. The second-order valence-corrected chi connectivity index (χ2v) is 16.4. The number of hydrogen-bond donors (Lipinski definition) is 3. The Morgan fingerprint density at radius 2 is 1.59 bits per heavy atom. The fraction of sp³-hybridized carbons (Fsp3) is 0.375. The van der Waals surface area contributed by atoms with Crippen LogP contribution in [-0.4, -0.2) is 52.9 Å². The first-order chi connectivity index (χ1) is 28.5. The molecule has 4 aromatic rings. The van der Waals surface area contributed by atoms with Gasteiger partial charge in [-0.3, -0.25) is 0 Å². The summed E-state index contributed by atoms with van der Waals surface area (Å²) in [7, 11) is 0. The molecule has 3 N–H and O–H groups in total. The van der Waals surface area contributed by atoms with Crippen LogP contribution in [0.2, 0.25) is 0 Å². The molecule has 0 saturated heterocycles. The summed E-state index contributed by atoms with van der Waals surface area (Å²) in [6, 6.07) is 35.7. The number of amides is 1. The Labute approximate surface area is 346 Å². The molecule has 1 heterocycles. The number of nitrogens with zero attached hydrogens (tertiary/aromatic N) is 1. The number of hydrogen-bond acceptors (Lipinski definition) is 9. The summed E-state index contributed by atoms with van der Waals surface area (Å²) in [6.45, 7) is 5.22. The van der Waals surface area contributed by atoms with Gasteiger partial charge in [-0.15, -0.1) is 18.3 Å². The molecule has 7 rings (SSSR count). The number of aliphatic hydroxyl groups is 2. The molecule has 0 aromatic heterocycles. The van der Waals surface area contributed by atoms with Crippen molar-refractivity contribution in [2.45, 2.75) is 79.9 Å². The number of benzene rings is 4. The summed E-state index contributed by atoms with van der Waals surface area (Å²) in [5.41, 5.74) is 4.84. The quantitative estimate of drug-likeness (QED) is 0.0488. The zero-order valence-electron chi connectivity index (χ0n) is 32.9. The minimum absolute atomic E-state index is 0.113. The van der Waals surface area contributed by atoms with Gasteiger partial charge in [-0.2, -0.15) is 0 Å². The van der Waals surface area contributed by atoms with Crippen molar-refractivity contribution in [3.63, 3.8) is 0 Å². The zero-order chi connectivity index (χ0) is 40.2. The van der Waals surface area contributed by atoms with E-state index in [2.05, 4.69) is 30.1 Å². The molecule has 1 saturated carbocycles. The van der Waals surface area contributed by atoms with E-state index in [4.69, 9.17) is 24.2 Å². The van der Waals surface area contributed by atoms with Crippen LogP contribution < -0.4 is 14.8 Å². The molecular weight excluding hydrogens is 749 g/mol. The van der Waals surface area contributed by atoms with Crippen LogP contribution in [0.1, 0.15) is 67.6 Å². The van der Waals surface area contributed by atoms with Crippen molar-refractivity contribution in [1.82, 2.24) is 5.32 Å². The molecule has 0 unspecified atom stereocenters. The molecule has 10 heteroatoms. The molecule has 1 aliphatic heterocycles. The predicted octanol–water partition coefficient (Wildman–Crippen LogP) is 9.60. The fourth-order valence-electron chi connectivity index (χ4n) is 8.82. The number of carbonyl (C=O) groups excluding carboxylic acids is 1. The van der Waals surface area contributed by atoms with E-state index in [1.165, 1.54) is 0 Å². The molecule has 1 amide bonds. The third kappa shape index (κ3) is 9.69. The van der Waals surface area contributed by atoms with Crippen LogP contribution in [-0.2, 0) is 22.7 Å². The summed E-state index contributed by atoms with van der Waals surface area (Å²) in [5.74, 6) is -0.240. The van der Waals surface area contributed by atoms with Crippen molar-refractivity contribution in [1.29, 1.82) is 0 Å². The Morgan fingerprint density at radius 1 is 0.897 bits per heavy atom. The lowest BCUT2D eigenvalue weighted by Gasteiger charge is -2.58. The number of nitrogens with one attached hydrogen (secondary N) is 1. The van der Waals surface area contributed by atoms with E-state index in [1.807, 2.05) is 91.0 Å². The number of rotatable bonds is 19. The Balaban J connectivity index is 1.34. The third-order valence-corrected chi connectivity index (χ3v) is 12.7. The van der Waals surface area contributed by atoms with Gasteiger partial charge < -0.3 is 34.6 Å². The topological polar surface area (TPSA) is 119 Å². The van der Waals surface area contributed by atoms with Gasteiger partial charge in [0.1, 0.15) is 18.1 Å². The van der Waals surface area contributed by atoms with E-state index in [0.29, 0.717) is 43.9 Å². The first-order valence-electron chi connectivity index (χ1n) is 20.5. The first-order valence-corrected chi connectivity index (χ1v) is 21.4. The van der Waals surface area contributed by atoms with Crippen LogP contribution in [0.25, 0.3) is 0 Å². The lowest BCUT2D eigenvalue weighted by Crippen LogP contribution is -2.64. The second-order valence-electron chi connectivity index (χ2n) is 15.2. The van der Waals surface area contributed by atoms with Crippen LogP contribution >= 0.6 is 11.8 Å². The Morgan fingerprint density at radius 3 is 2.29 bits per heavy atom. The maximum absolute atomic E-state index is 13.2. The van der Waals surface area contributed by atoms with E-state index in [9.17, 15) is 15.0 Å². The summed E-state index contributed by atoms with van der Waals surface area (Å²) >= 11 is 1.72. The van der Waals surface area contributed by atoms with E-state index < -0.39 is 11.9 Å². The summed E-state index contributed by atoms with van der Waals surface area (Å²) in [4.78, 5) is 20.5. The third-order valence-electron chi connectivity index (χ3n) is 11.4. The number of carbonyl (C=O) groups is 1. The van der Waals surface area contributed by atoms with Crippen molar-refractivity contribution in [2.24, 2.45) is 22.9 Å². The average Bonchev–Trinajstić information content (AvgIpc) is 3.25. The van der Waals surface area contributed by atoms with Gasteiger partial charge in [0.15, 0.2) is 0 Å². The van der Waals surface area contributed by atoms with Gasteiger partial charge in [0.05, 0.1) is 23.5 Å². The largest absolute Gasteiger partial charge is 0.460 e. The summed E-state index contributed by atoms with van der Waals surface area (Å²) in [5, 5.41) is 27.3. The molecule has 304 valence electrons. The summed E-state index contributed by atoms with van der Waals surface area (Å²) < 4.78 is 20.3. The maximum Gasteiger partial charge on any atom is 0.412 e. The molecular formula is C48H54N2O7S. The van der Waals surface area contributed by atoms with Gasteiger partial charge >= 0.3 is 6.09 Å². The van der Waals surface area contributed by atoms with E-state index >= 15 is 0 Å². The lowest BCUT2D eigenvalue weighted by atomic mass is 9.56. The molecule has 6 atom stereocenters. The minimum atomic E-state index is -1.13. The number of allylic oxidation sites excluding steroid dienone is 1. The normalized spacial score (nSPS) is 23.8. The molecule has 58 heavy (non-hydrogen) atoms. The predicted molar refractivity (Wildman–Crippen MR) is 228 cm³/mol. The van der Waals surface area contributed by atoms with Crippen molar-refractivity contribution in [3.05, 3.63) is 150 Å². The standard InChI is InChI=1S/C48H54N2O7S/c1-2-28-54-48-44(58-38-21-10-5-11-22-38)31-42(50-55-33-35-18-8-4-9-19-35)40-29-36(20-12-14-26-51)39(23-13-15-27-52)45(46(40)48)41-30-37(24-25-43(41)57-48)56-47(53)49-32-34-16-6-3-7-17-34/h2-11,16-19,21-22,24-25,29-30,36,39,44-46,51-52H,1,12-15,20,23,26-28,31-33H2,(H,49,53)/t36-,39+,44-,45+,46+,48+/m0/s1. The average molecular weight is 803 g/mol. The highest BCUT2D eigenvalue weighted by Gasteiger charge is 2.64. The number of aliphatic hydroxyl groups excluding tert-OH is 2. The maximum atomic E-state index is 13.2. The first kappa shape index (κ1) is 41.3. The SMILES string of the molecule is C=CCO[C@@]12Oc3ccc(OC(=O)NCc4ccccc4)cc3[C@H]3[C@H](CCCCO)[C@@H](CCCCO)C=C(C(=NOCc4ccccc4)C[C@@H]1Sc1ccccc1)[C@H]32. The molecule has 0 spiro atoms. The van der Waals surface area contributed by atoms with Gasteiger partial charge in [-0.1, -0.05) is 109 Å². The van der Waals surface area contributed by atoms with Crippen molar-refractivity contribution in [3.8, 4) is 11.5 Å². The highest BCUT2D eigenvalue weighted by atomic mass is 32.2. The van der Waals surface area contributed by atoms with Crippen LogP contribution in [0.5, 0.6) is 11.5 Å². The van der Waals surface area contributed by atoms with E-state index in [0.717, 1.165) is 58.6 Å². The van der Waals surface area contributed by atoms with Gasteiger partial charge in [0.25, 0.3) is 0 Å². The zero-order valence-corrected chi connectivity index (χ0v) is 33.7. The van der Waals surface area contributed by atoms with Crippen molar-refractivity contribution in [2.75, 3.05) is 19.8 Å². The fourth-order valence-corrected chi connectivity index (χ4v) is 10.1. The highest BCUT2D eigenvalue weighted by Crippen LogP contribution is 2.63. The Bertz CT molecular complexity index is 2010. The van der Waals surface area contributed by atoms with Gasteiger partial charge in [0, 0.05) is 42.6 Å². The molecule has 9 nitrogen and oxygen atoms in total. The lowest BCUT2D eigenvalue weighted by molar-refractivity contribution is -0.223. The Hall–Kier alpha value is -4.87. The molecule has 2 aliphatic carbocycles. The number of ether oxygens (including phenoxy) is 3. The molecule has 0 bridgehead atoms. The summed E-state index contributed by atoms with van der Waals surface area (Å²) in [6.07, 6.45) is 8.93. The number of thioether (sulfide) groups is 1. The van der Waals surface area contributed by atoms with E-state index in [-0.39, 0.29) is 48.7 Å². The van der Waals surface area contributed by atoms with Crippen LogP contribution in [0.15, 0.2) is 144 Å². The van der Waals surface area contributed by atoms with Crippen LogP contribution in [0.3, 0.4) is 0 Å². The smallest absolute Gasteiger partial charge is 0.412 e. The van der Waals surface area contributed by atoms with Crippen molar-refractivity contribution < 1.29 is 34.1 Å². The van der Waals surface area contributed by atoms with Gasteiger partial charge in [-0.05, 0) is 84.6 Å². The molecule has 4 aromatic carbocycles. The van der Waals surface area contributed by atoms with Gasteiger partial charge in [0.2, 0.25) is 5.79 Å². The van der Waals surface area contributed by atoms with Crippen LogP contribution in [0.4, 0.5) is 4.79 Å². The minimum Gasteiger partial charge on any atom is -0.460 e. The van der Waals surface area contributed by atoms with Crippen LogP contribution in [0, 0.1) is 17.8 Å². The molecule has 0 radical (unpaired) electrons. The number of oxime groups is 1. The highest BCUT2D eigenvalue weighted by molar-refractivity contribution is 8.00. The van der Waals surface area contributed by atoms with E-state index in [1.54, 1.807) is 23.9 Å². The second kappa shape index (κ2) is 20.2. The number of fused-ring (bicyclic) bond motifs is 2. The number of unbranched alkanes of at least 4 members (excludes halogenated alkanes) is 2. The molecule has 3 aliphatic rings. The van der Waals surface area contributed by atoms with Crippen molar-refractivity contribution >= 4 is 23.6 Å².